The minimum absolute atomic E-state index is 0.506. The van der Waals surface area contributed by atoms with Crippen LogP contribution in [-0.2, 0) is 16.4 Å². The molecule has 1 aromatic carbocycles. The number of benzene rings is 1. The highest BCUT2D eigenvalue weighted by atomic mass is 19.4. The van der Waals surface area contributed by atoms with Crippen molar-refractivity contribution in [1.82, 2.24) is 0 Å². The van der Waals surface area contributed by atoms with Crippen molar-refractivity contribution in [2.45, 2.75) is 52.6 Å². The van der Waals surface area contributed by atoms with Crippen LogP contribution in [-0.4, -0.2) is 6.29 Å². The van der Waals surface area contributed by atoms with Gasteiger partial charge in [0.25, 0.3) is 0 Å². The molecular weight excluding hydrogens is 301 g/mol. The highest BCUT2D eigenvalue weighted by molar-refractivity contribution is 5.72. The molecular formula is C19H23F3O. The number of allylic oxidation sites excluding steroid dienone is 4. The molecule has 4 heteroatoms. The topological polar surface area (TPSA) is 17.1 Å². The van der Waals surface area contributed by atoms with Gasteiger partial charge in [0.2, 0.25) is 0 Å². The van der Waals surface area contributed by atoms with Crippen molar-refractivity contribution in [2.75, 3.05) is 0 Å². The van der Waals surface area contributed by atoms with Gasteiger partial charge in [-0.25, -0.2) is 0 Å². The van der Waals surface area contributed by atoms with Crippen LogP contribution in [0.15, 0.2) is 41.5 Å². The smallest absolute Gasteiger partial charge is 0.298 e. The highest BCUT2D eigenvalue weighted by Gasteiger charge is 2.33. The second-order valence-electron chi connectivity index (χ2n) is 6.44. The molecule has 1 rings (SSSR count). The molecule has 0 aliphatic carbocycles. The summed E-state index contributed by atoms with van der Waals surface area (Å²) in [4.78, 5) is 11.0. The van der Waals surface area contributed by atoms with Gasteiger partial charge >= 0.3 is 6.18 Å². The number of aryl methyl sites for hydroxylation is 1. The molecule has 0 saturated carbocycles. The summed E-state index contributed by atoms with van der Waals surface area (Å²) in [5.74, 6) is 0. The molecule has 1 unspecified atom stereocenters. The predicted octanol–water partition coefficient (Wildman–Crippen LogP) is 5.77. The van der Waals surface area contributed by atoms with E-state index in [1.165, 1.54) is 12.1 Å². The molecule has 0 heterocycles. The fraction of sp³-hybridized carbons (Fsp3) is 0.421. The van der Waals surface area contributed by atoms with Gasteiger partial charge in [0, 0.05) is 5.41 Å². The second-order valence-corrected chi connectivity index (χ2v) is 6.44. The minimum atomic E-state index is -4.39. The average Bonchev–Trinajstić information content (AvgIpc) is 2.44. The van der Waals surface area contributed by atoms with E-state index >= 15 is 0 Å². The first kappa shape index (κ1) is 19.2. The molecule has 0 aliphatic heterocycles. The quantitative estimate of drug-likeness (QED) is 0.381. The van der Waals surface area contributed by atoms with E-state index in [0.717, 1.165) is 23.5 Å². The lowest BCUT2D eigenvalue weighted by Crippen LogP contribution is -2.22. The second kappa shape index (κ2) is 7.16. The molecule has 0 saturated heterocycles. The van der Waals surface area contributed by atoms with Gasteiger partial charge in [-0.15, -0.1) is 0 Å². The molecule has 0 bridgehead atoms. The number of aldehydes is 1. The van der Waals surface area contributed by atoms with Gasteiger partial charge in [-0.05, 0) is 62.9 Å². The molecule has 23 heavy (non-hydrogen) atoms. The average molecular weight is 324 g/mol. The zero-order valence-electron chi connectivity index (χ0n) is 14.2. The Hall–Kier alpha value is -1.84. The van der Waals surface area contributed by atoms with E-state index in [0.29, 0.717) is 17.6 Å². The maximum atomic E-state index is 13.0. The van der Waals surface area contributed by atoms with E-state index in [2.05, 4.69) is 0 Å². The largest absolute Gasteiger partial charge is 0.416 e. The summed E-state index contributed by atoms with van der Waals surface area (Å²) < 4.78 is 39.1. The highest BCUT2D eigenvalue weighted by Crippen LogP contribution is 2.38. The van der Waals surface area contributed by atoms with Crippen molar-refractivity contribution in [3.05, 3.63) is 58.2 Å². The molecule has 0 spiro atoms. The summed E-state index contributed by atoms with van der Waals surface area (Å²) in [5, 5.41) is 0. The summed E-state index contributed by atoms with van der Waals surface area (Å²) in [6.07, 6.45) is 0.603. The first-order valence-electron chi connectivity index (χ1n) is 7.46. The summed E-state index contributed by atoms with van der Waals surface area (Å²) in [7, 11) is 0. The maximum absolute atomic E-state index is 13.0. The first-order valence-corrected chi connectivity index (χ1v) is 7.46. The molecule has 0 amide bonds. The van der Waals surface area contributed by atoms with Crippen LogP contribution < -0.4 is 0 Å². The van der Waals surface area contributed by atoms with Crippen LogP contribution in [0.1, 0.15) is 50.8 Å². The molecule has 126 valence electrons. The van der Waals surface area contributed by atoms with Gasteiger partial charge in [-0.3, -0.25) is 4.79 Å². The zero-order chi connectivity index (χ0) is 17.8. The monoisotopic (exact) mass is 324 g/mol. The Kier molecular flexibility index (Phi) is 5.98. The van der Waals surface area contributed by atoms with Crippen molar-refractivity contribution in [3.63, 3.8) is 0 Å². The van der Waals surface area contributed by atoms with Crippen LogP contribution >= 0.6 is 0 Å². The zero-order valence-corrected chi connectivity index (χ0v) is 14.2. The van der Waals surface area contributed by atoms with Crippen LogP contribution in [0.5, 0.6) is 0 Å². The predicted molar refractivity (Wildman–Crippen MR) is 87.4 cm³/mol. The van der Waals surface area contributed by atoms with E-state index in [9.17, 15) is 18.0 Å². The Balaban J connectivity index is 3.54. The van der Waals surface area contributed by atoms with Crippen molar-refractivity contribution >= 4 is 6.29 Å². The van der Waals surface area contributed by atoms with Gasteiger partial charge in [0.05, 0.1) is 5.56 Å². The van der Waals surface area contributed by atoms with Crippen molar-refractivity contribution in [3.8, 4) is 0 Å². The molecule has 1 atom stereocenters. The van der Waals surface area contributed by atoms with Gasteiger partial charge in [0.15, 0.2) is 0 Å². The molecule has 0 aromatic heterocycles. The van der Waals surface area contributed by atoms with Gasteiger partial charge < -0.3 is 0 Å². The Labute approximate surface area is 135 Å². The van der Waals surface area contributed by atoms with Crippen LogP contribution in [0, 0.1) is 6.92 Å². The maximum Gasteiger partial charge on any atom is 0.416 e. The standard InChI is InChI=1S/C19H23F3O/c1-13(2)8-9-18(5,11-14(3)12-23)17-10-16(19(20,21)22)7-6-15(17)4/h6-8,10-12H,9H2,1-5H3/b14-11+. The normalized spacial score (nSPS) is 15.0. The fourth-order valence-corrected chi connectivity index (χ4v) is 2.61. The fourth-order valence-electron chi connectivity index (χ4n) is 2.61. The van der Waals surface area contributed by atoms with Crippen LogP contribution in [0.2, 0.25) is 0 Å². The molecule has 0 N–H and O–H groups in total. The van der Waals surface area contributed by atoms with Crippen LogP contribution in [0.3, 0.4) is 0 Å². The van der Waals surface area contributed by atoms with Crippen molar-refractivity contribution < 1.29 is 18.0 Å². The van der Waals surface area contributed by atoms with Crippen LogP contribution in [0.25, 0.3) is 0 Å². The molecule has 0 fully saturated rings. The molecule has 1 nitrogen and oxygen atoms in total. The molecule has 1 aromatic rings. The number of hydrogen-bond acceptors (Lipinski definition) is 1. The number of carbonyl (C=O) groups excluding carboxylic acids is 1. The Morgan fingerprint density at radius 1 is 1.17 bits per heavy atom. The lowest BCUT2D eigenvalue weighted by atomic mass is 9.75. The minimum Gasteiger partial charge on any atom is -0.298 e. The number of hydrogen-bond donors (Lipinski definition) is 0. The van der Waals surface area contributed by atoms with E-state index in [1.54, 1.807) is 19.9 Å². The third-order valence-corrected chi connectivity index (χ3v) is 3.85. The SMILES string of the molecule is CC(C)=CCC(C)(/C=C(\C)C=O)c1cc(C(F)(F)F)ccc1C. The Morgan fingerprint density at radius 3 is 2.26 bits per heavy atom. The number of halogens is 3. The van der Waals surface area contributed by atoms with E-state index in [-0.39, 0.29) is 0 Å². The Bertz CT molecular complexity index is 635. The summed E-state index contributed by atoms with van der Waals surface area (Å²) in [6, 6.07) is 3.78. The number of alkyl halides is 3. The van der Waals surface area contributed by atoms with Crippen molar-refractivity contribution in [1.29, 1.82) is 0 Å². The summed E-state index contributed by atoms with van der Waals surface area (Å²) in [6.45, 7) is 9.20. The van der Waals surface area contributed by atoms with E-state index < -0.39 is 17.2 Å². The molecule has 0 aliphatic rings. The Morgan fingerprint density at radius 2 is 1.78 bits per heavy atom. The van der Waals surface area contributed by atoms with Gasteiger partial charge in [-0.1, -0.05) is 30.7 Å². The molecule has 0 radical (unpaired) electrons. The van der Waals surface area contributed by atoms with E-state index in [4.69, 9.17) is 0 Å². The van der Waals surface area contributed by atoms with Crippen molar-refractivity contribution in [2.24, 2.45) is 0 Å². The van der Waals surface area contributed by atoms with Gasteiger partial charge in [-0.2, -0.15) is 13.2 Å². The summed E-state index contributed by atoms with van der Waals surface area (Å²) in [5.41, 5.74) is 1.61. The van der Waals surface area contributed by atoms with Crippen LogP contribution in [0.4, 0.5) is 13.2 Å². The first-order chi connectivity index (χ1) is 10.5. The number of carbonyl (C=O) groups is 1. The third-order valence-electron chi connectivity index (χ3n) is 3.85. The summed E-state index contributed by atoms with van der Waals surface area (Å²) >= 11 is 0. The van der Waals surface area contributed by atoms with Gasteiger partial charge in [0.1, 0.15) is 6.29 Å². The lowest BCUT2D eigenvalue weighted by molar-refractivity contribution is -0.137. The third kappa shape index (κ3) is 5.08. The lowest BCUT2D eigenvalue weighted by Gasteiger charge is -2.29. The van der Waals surface area contributed by atoms with E-state index in [1.807, 2.05) is 26.8 Å². The number of rotatable bonds is 5.